The molecule has 0 atom stereocenters. The number of benzene rings is 1. The second-order valence-corrected chi connectivity index (χ2v) is 9.34. The normalized spacial score (nSPS) is 18.4. The number of aromatic nitrogens is 2. The van der Waals surface area contributed by atoms with Crippen LogP contribution in [0.4, 0.5) is 20.3 Å². The van der Waals surface area contributed by atoms with Crippen LogP contribution in [0.15, 0.2) is 12.1 Å². The third kappa shape index (κ3) is 4.28. The topological polar surface area (TPSA) is 76.9 Å². The largest absolute Gasteiger partial charge is 0.465 e. The number of esters is 1. The Labute approximate surface area is 202 Å². The molecule has 4 heterocycles. The summed E-state index contributed by atoms with van der Waals surface area (Å²) in [5.41, 5.74) is 3.10. The average molecular weight is 489 g/mol. The number of halogens is 2. The highest BCUT2D eigenvalue weighted by atomic mass is 19.3. The molecule has 35 heavy (non-hydrogen) atoms. The predicted molar refractivity (Wildman–Crippen MR) is 124 cm³/mol. The first-order valence-electron chi connectivity index (χ1n) is 12.1. The molecule has 0 aliphatic carbocycles. The monoisotopic (exact) mass is 488 g/mol. The lowest BCUT2D eigenvalue weighted by Gasteiger charge is -2.33. The molecule has 188 valence electrons. The molecule has 1 fully saturated rings. The molecule has 2 aromatic rings. The SMILES string of the molecule is COC(=O)c1cc2c(cc1C(F)F)N(c1nn(C3CCOCC3)c3c1CN(C(C)=O)CC3)CCC2. The molecule has 0 bridgehead atoms. The van der Waals surface area contributed by atoms with E-state index in [0.717, 1.165) is 36.1 Å². The molecule has 5 rings (SSSR count). The van der Waals surface area contributed by atoms with Gasteiger partial charge >= 0.3 is 5.97 Å². The number of anilines is 2. The average Bonchev–Trinajstić information content (AvgIpc) is 3.26. The van der Waals surface area contributed by atoms with Gasteiger partial charge in [-0.2, -0.15) is 5.10 Å². The molecule has 0 radical (unpaired) electrons. The van der Waals surface area contributed by atoms with E-state index in [1.165, 1.54) is 13.2 Å². The van der Waals surface area contributed by atoms with Gasteiger partial charge in [-0.3, -0.25) is 9.48 Å². The predicted octanol–water partition coefficient (Wildman–Crippen LogP) is 3.95. The molecule has 1 aromatic carbocycles. The van der Waals surface area contributed by atoms with Crippen LogP contribution in [0.3, 0.4) is 0 Å². The maximum atomic E-state index is 14.0. The molecule has 10 heteroatoms. The quantitative estimate of drug-likeness (QED) is 0.607. The fraction of sp³-hybridized carbons (Fsp3) is 0.560. The molecule has 1 amide bonds. The molecule has 1 aromatic heterocycles. The number of fused-ring (bicyclic) bond motifs is 2. The van der Waals surface area contributed by atoms with Gasteiger partial charge in [-0.1, -0.05) is 0 Å². The first-order chi connectivity index (χ1) is 16.9. The Morgan fingerprint density at radius 3 is 2.63 bits per heavy atom. The molecule has 1 saturated heterocycles. The fourth-order valence-electron chi connectivity index (χ4n) is 5.48. The first-order valence-corrected chi connectivity index (χ1v) is 12.1. The van der Waals surface area contributed by atoms with E-state index in [1.54, 1.807) is 17.9 Å². The smallest absolute Gasteiger partial charge is 0.338 e. The van der Waals surface area contributed by atoms with Crippen molar-refractivity contribution in [1.29, 1.82) is 0 Å². The zero-order chi connectivity index (χ0) is 24.7. The second kappa shape index (κ2) is 9.56. The lowest BCUT2D eigenvalue weighted by Crippen LogP contribution is -2.36. The van der Waals surface area contributed by atoms with Gasteiger partial charge in [0.05, 0.1) is 25.3 Å². The van der Waals surface area contributed by atoms with Crippen LogP contribution in [-0.4, -0.2) is 60.0 Å². The Kier molecular flexibility index (Phi) is 6.48. The minimum atomic E-state index is -2.82. The van der Waals surface area contributed by atoms with Crippen LogP contribution < -0.4 is 4.90 Å². The van der Waals surface area contributed by atoms with Crippen molar-refractivity contribution in [3.63, 3.8) is 0 Å². The van der Waals surface area contributed by atoms with E-state index in [9.17, 15) is 18.4 Å². The molecule has 0 spiro atoms. The Morgan fingerprint density at radius 2 is 1.94 bits per heavy atom. The summed E-state index contributed by atoms with van der Waals surface area (Å²) < 4.78 is 40.4. The van der Waals surface area contributed by atoms with Crippen LogP contribution in [0.25, 0.3) is 0 Å². The first kappa shape index (κ1) is 23.7. The zero-order valence-corrected chi connectivity index (χ0v) is 20.1. The molecular formula is C25H30F2N4O4. The molecular weight excluding hydrogens is 458 g/mol. The van der Waals surface area contributed by atoms with Crippen molar-refractivity contribution in [2.24, 2.45) is 0 Å². The highest BCUT2D eigenvalue weighted by Gasteiger charge is 2.34. The van der Waals surface area contributed by atoms with Gasteiger partial charge in [0.1, 0.15) is 0 Å². The molecule has 0 N–H and O–H groups in total. The van der Waals surface area contributed by atoms with Crippen molar-refractivity contribution in [3.8, 4) is 0 Å². The van der Waals surface area contributed by atoms with E-state index < -0.39 is 12.4 Å². The number of aryl methyl sites for hydroxylation is 1. The summed E-state index contributed by atoms with van der Waals surface area (Å²) >= 11 is 0. The number of amides is 1. The van der Waals surface area contributed by atoms with Crippen molar-refractivity contribution in [3.05, 3.63) is 40.1 Å². The number of rotatable bonds is 4. The van der Waals surface area contributed by atoms with E-state index in [4.69, 9.17) is 14.6 Å². The van der Waals surface area contributed by atoms with E-state index in [-0.39, 0.29) is 23.1 Å². The molecule has 0 unspecified atom stereocenters. The van der Waals surface area contributed by atoms with Crippen LogP contribution in [-0.2, 0) is 33.7 Å². The zero-order valence-electron chi connectivity index (χ0n) is 20.1. The summed E-state index contributed by atoms with van der Waals surface area (Å²) in [5.74, 6) is -0.0508. The minimum Gasteiger partial charge on any atom is -0.465 e. The van der Waals surface area contributed by atoms with Gasteiger partial charge < -0.3 is 19.3 Å². The van der Waals surface area contributed by atoms with Crippen LogP contribution in [0, 0.1) is 0 Å². The van der Waals surface area contributed by atoms with Crippen molar-refractivity contribution in [2.75, 3.05) is 38.3 Å². The summed E-state index contributed by atoms with van der Waals surface area (Å²) in [6.07, 6.45) is 1.06. The Morgan fingerprint density at radius 1 is 1.17 bits per heavy atom. The summed E-state index contributed by atoms with van der Waals surface area (Å²) in [4.78, 5) is 28.2. The van der Waals surface area contributed by atoms with Gasteiger partial charge in [-0.05, 0) is 43.4 Å². The van der Waals surface area contributed by atoms with Gasteiger partial charge in [-0.15, -0.1) is 0 Å². The van der Waals surface area contributed by atoms with Gasteiger partial charge in [0.25, 0.3) is 6.43 Å². The van der Waals surface area contributed by atoms with Gasteiger partial charge in [0.2, 0.25) is 5.91 Å². The van der Waals surface area contributed by atoms with Crippen LogP contribution in [0.1, 0.15) is 71.4 Å². The van der Waals surface area contributed by atoms with Crippen LogP contribution >= 0.6 is 0 Å². The molecule has 0 saturated carbocycles. The summed E-state index contributed by atoms with van der Waals surface area (Å²) in [6, 6.07) is 3.16. The Bertz CT molecular complexity index is 1140. The lowest BCUT2D eigenvalue weighted by atomic mass is 9.94. The number of carbonyl (C=O) groups excluding carboxylic acids is 2. The maximum Gasteiger partial charge on any atom is 0.338 e. The molecule has 3 aliphatic heterocycles. The third-order valence-electron chi connectivity index (χ3n) is 7.31. The number of hydrogen-bond donors (Lipinski definition) is 0. The summed E-state index contributed by atoms with van der Waals surface area (Å²) in [5, 5.41) is 5.05. The number of ether oxygens (including phenoxy) is 2. The van der Waals surface area contributed by atoms with Crippen LogP contribution in [0.5, 0.6) is 0 Å². The van der Waals surface area contributed by atoms with Crippen LogP contribution in [0.2, 0.25) is 0 Å². The van der Waals surface area contributed by atoms with E-state index in [1.807, 2.05) is 4.90 Å². The van der Waals surface area contributed by atoms with Crippen molar-refractivity contribution < 1.29 is 27.8 Å². The molecule has 8 nitrogen and oxygen atoms in total. The number of nitrogens with zero attached hydrogens (tertiary/aromatic N) is 4. The lowest BCUT2D eigenvalue weighted by molar-refractivity contribution is -0.129. The molecule has 3 aliphatic rings. The van der Waals surface area contributed by atoms with Gasteiger partial charge in [0, 0.05) is 62.2 Å². The van der Waals surface area contributed by atoms with Gasteiger partial charge in [-0.25, -0.2) is 13.6 Å². The number of alkyl halides is 2. The number of methoxy groups -OCH3 is 1. The maximum absolute atomic E-state index is 14.0. The van der Waals surface area contributed by atoms with E-state index >= 15 is 0 Å². The Hall–Kier alpha value is -3.01. The van der Waals surface area contributed by atoms with E-state index in [0.29, 0.717) is 57.2 Å². The van der Waals surface area contributed by atoms with Crippen molar-refractivity contribution in [1.82, 2.24) is 14.7 Å². The number of hydrogen-bond acceptors (Lipinski definition) is 6. The van der Waals surface area contributed by atoms with E-state index in [2.05, 4.69) is 4.68 Å². The van der Waals surface area contributed by atoms with Crippen molar-refractivity contribution >= 4 is 23.4 Å². The second-order valence-electron chi connectivity index (χ2n) is 9.34. The summed E-state index contributed by atoms with van der Waals surface area (Å²) in [6.45, 7) is 4.60. The highest BCUT2D eigenvalue weighted by Crippen LogP contribution is 2.41. The minimum absolute atomic E-state index is 0.00201. The number of carbonyl (C=O) groups is 2. The van der Waals surface area contributed by atoms with Crippen molar-refractivity contribution in [2.45, 2.75) is 58.0 Å². The summed E-state index contributed by atoms with van der Waals surface area (Å²) in [7, 11) is 1.19. The fourth-order valence-corrected chi connectivity index (χ4v) is 5.48. The third-order valence-corrected chi connectivity index (χ3v) is 7.31. The Balaban J connectivity index is 1.63. The van der Waals surface area contributed by atoms with Gasteiger partial charge in [0.15, 0.2) is 5.82 Å². The highest BCUT2D eigenvalue weighted by molar-refractivity contribution is 5.92. The standard InChI is InChI=1S/C25H30F2N4O4/c1-15(32)29-9-5-21-20(14-29)24(28-31(21)17-6-10-35-11-7-17)30-8-3-4-16-12-19(25(33)34-2)18(23(26)27)13-22(16)30/h12-13,17,23H,3-11,14H2,1-2H3.